The number of benzene rings is 2. The third kappa shape index (κ3) is 8.34. The molecule has 2 rings (SSSR count). The Morgan fingerprint density at radius 3 is 2.19 bits per heavy atom. The molecule has 7 heteroatoms. The van der Waals surface area contributed by atoms with Crippen LogP contribution in [0.3, 0.4) is 0 Å². The van der Waals surface area contributed by atoms with Crippen LogP contribution in [0.5, 0.6) is 0 Å². The van der Waals surface area contributed by atoms with E-state index in [2.05, 4.69) is 10.6 Å². The number of aryl methyl sites for hydroxylation is 1. The third-order valence-corrected chi connectivity index (χ3v) is 6.59. The van der Waals surface area contributed by atoms with Crippen LogP contribution in [0.1, 0.15) is 76.3 Å². The van der Waals surface area contributed by atoms with Gasteiger partial charge < -0.3 is 20.3 Å². The van der Waals surface area contributed by atoms with Gasteiger partial charge in [-0.05, 0) is 69.7 Å². The molecule has 0 aromatic heterocycles. The maximum Gasteiger partial charge on any atom is 0.408 e. The molecule has 0 saturated carbocycles. The zero-order chi connectivity index (χ0) is 27.8. The molecule has 37 heavy (non-hydrogen) atoms. The van der Waals surface area contributed by atoms with Crippen LogP contribution in [0.15, 0.2) is 48.5 Å². The van der Waals surface area contributed by atoms with E-state index in [-0.39, 0.29) is 17.7 Å². The summed E-state index contributed by atoms with van der Waals surface area (Å²) in [4.78, 5) is 42.0. The average molecular weight is 510 g/mol. The van der Waals surface area contributed by atoms with Crippen LogP contribution in [0.4, 0.5) is 4.79 Å². The Labute approximate surface area is 222 Å². The van der Waals surface area contributed by atoms with Crippen molar-refractivity contribution in [3.63, 3.8) is 0 Å². The fourth-order valence-electron chi connectivity index (χ4n) is 4.16. The van der Waals surface area contributed by atoms with E-state index in [1.807, 2.05) is 83.1 Å². The maximum atomic E-state index is 14.0. The van der Waals surface area contributed by atoms with Crippen LogP contribution in [0, 0.1) is 19.8 Å². The number of likely N-dealkylation sites (N-methyl/N-ethyl adjacent to an activating group) is 1. The van der Waals surface area contributed by atoms with Gasteiger partial charge in [-0.15, -0.1) is 0 Å². The lowest BCUT2D eigenvalue weighted by Crippen LogP contribution is -2.55. The van der Waals surface area contributed by atoms with Crippen molar-refractivity contribution in [2.24, 2.45) is 5.92 Å². The molecule has 3 unspecified atom stereocenters. The highest BCUT2D eigenvalue weighted by atomic mass is 16.6. The van der Waals surface area contributed by atoms with Crippen molar-refractivity contribution in [1.29, 1.82) is 0 Å². The van der Waals surface area contributed by atoms with Crippen molar-refractivity contribution in [1.82, 2.24) is 15.5 Å². The number of nitrogens with one attached hydrogen (secondary N) is 2. The lowest BCUT2D eigenvalue weighted by molar-refractivity contribution is -0.143. The van der Waals surface area contributed by atoms with E-state index in [4.69, 9.17) is 4.74 Å². The molecule has 0 bridgehead atoms. The van der Waals surface area contributed by atoms with Gasteiger partial charge in [-0.1, -0.05) is 68.8 Å². The summed E-state index contributed by atoms with van der Waals surface area (Å²) in [6.07, 6.45) is 0.0111. The third-order valence-electron chi connectivity index (χ3n) is 6.59. The van der Waals surface area contributed by atoms with E-state index in [9.17, 15) is 14.4 Å². The Kier molecular flexibility index (Phi) is 10.7. The fourth-order valence-corrected chi connectivity index (χ4v) is 4.16. The normalized spacial score (nSPS) is 13.7. The highest BCUT2D eigenvalue weighted by Crippen LogP contribution is 2.28. The number of amides is 3. The molecule has 2 aromatic carbocycles. The summed E-state index contributed by atoms with van der Waals surface area (Å²) >= 11 is 0. The topological polar surface area (TPSA) is 87.7 Å². The van der Waals surface area contributed by atoms with Crippen LogP contribution in [-0.2, 0) is 20.9 Å². The molecule has 2 aromatic rings. The maximum absolute atomic E-state index is 14.0. The molecule has 7 nitrogen and oxygen atoms in total. The molecule has 0 radical (unpaired) electrons. The van der Waals surface area contributed by atoms with Gasteiger partial charge >= 0.3 is 6.09 Å². The Bertz CT molecular complexity index is 1060. The molecule has 0 fully saturated rings. The second-order valence-corrected chi connectivity index (χ2v) is 10.5. The van der Waals surface area contributed by atoms with Gasteiger partial charge in [-0.3, -0.25) is 9.59 Å². The van der Waals surface area contributed by atoms with Gasteiger partial charge in [0.1, 0.15) is 17.7 Å². The first-order chi connectivity index (χ1) is 17.4. The van der Waals surface area contributed by atoms with Crippen molar-refractivity contribution < 1.29 is 19.1 Å². The Morgan fingerprint density at radius 2 is 1.62 bits per heavy atom. The summed E-state index contributed by atoms with van der Waals surface area (Å²) in [5, 5.41) is 5.81. The zero-order valence-corrected chi connectivity index (χ0v) is 23.6. The molecule has 202 valence electrons. The van der Waals surface area contributed by atoms with Gasteiger partial charge in [-0.2, -0.15) is 0 Å². The van der Waals surface area contributed by atoms with E-state index in [0.29, 0.717) is 19.5 Å². The molecule has 3 atom stereocenters. The predicted molar refractivity (Wildman–Crippen MR) is 147 cm³/mol. The smallest absolute Gasteiger partial charge is 0.408 e. The first-order valence-electron chi connectivity index (χ1n) is 13.1. The Hall–Kier alpha value is -3.35. The van der Waals surface area contributed by atoms with Gasteiger partial charge in [0.05, 0.1) is 0 Å². The predicted octanol–water partition coefficient (Wildman–Crippen LogP) is 5.45. The van der Waals surface area contributed by atoms with Gasteiger partial charge in [0, 0.05) is 13.1 Å². The summed E-state index contributed by atoms with van der Waals surface area (Å²) in [5.74, 6) is -0.753. The lowest BCUT2D eigenvalue weighted by atomic mass is 9.93. The van der Waals surface area contributed by atoms with Crippen LogP contribution in [0.25, 0.3) is 0 Å². The summed E-state index contributed by atoms with van der Waals surface area (Å²) in [6.45, 7) is 15.6. The number of carbonyl (C=O) groups is 3. The number of nitrogens with zero attached hydrogens (tertiary/aromatic N) is 1. The highest BCUT2D eigenvalue weighted by molar-refractivity contribution is 5.92. The number of ether oxygens (including phenoxy) is 1. The molecule has 0 aliphatic heterocycles. The van der Waals surface area contributed by atoms with Crippen molar-refractivity contribution >= 4 is 17.9 Å². The average Bonchev–Trinajstić information content (AvgIpc) is 2.85. The molecular weight excluding hydrogens is 466 g/mol. The van der Waals surface area contributed by atoms with Crippen molar-refractivity contribution in [2.75, 3.05) is 6.54 Å². The number of hydrogen-bond acceptors (Lipinski definition) is 4. The zero-order valence-electron chi connectivity index (χ0n) is 23.6. The van der Waals surface area contributed by atoms with Crippen LogP contribution in [0.2, 0.25) is 0 Å². The minimum atomic E-state index is -0.854. The van der Waals surface area contributed by atoms with E-state index in [0.717, 1.165) is 22.3 Å². The number of carbonyl (C=O) groups excluding carboxylic acids is 3. The summed E-state index contributed by atoms with van der Waals surface area (Å²) in [5.41, 5.74) is 3.02. The fraction of sp³-hybridized carbons (Fsp3) is 0.500. The van der Waals surface area contributed by atoms with Gasteiger partial charge in [-0.25, -0.2) is 4.79 Å². The lowest BCUT2D eigenvalue weighted by Gasteiger charge is -2.36. The van der Waals surface area contributed by atoms with Crippen LogP contribution < -0.4 is 10.6 Å². The molecule has 0 aliphatic carbocycles. The number of alkyl carbamates (subject to hydrolysis) is 1. The SMILES string of the molecule is CCC(C)C(NC(=O)OC(C)(C)C)C(=O)N(CC)C(C(=O)NCc1ccccc1)c1cccc(C)c1C. The summed E-state index contributed by atoms with van der Waals surface area (Å²) < 4.78 is 5.44. The minimum Gasteiger partial charge on any atom is -0.444 e. The second kappa shape index (κ2) is 13.3. The molecule has 0 aliphatic rings. The Balaban J connectivity index is 2.45. The van der Waals surface area contributed by atoms with E-state index in [1.165, 1.54) is 0 Å². The van der Waals surface area contributed by atoms with Crippen molar-refractivity contribution in [2.45, 2.75) is 86.0 Å². The first-order valence-corrected chi connectivity index (χ1v) is 13.1. The molecule has 2 N–H and O–H groups in total. The van der Waals surface area contributed by atoms with E-state index in [1.54, 1.807) is 25.7 Å². The molecular formula is C30H43N3O4. The largest absolute Gasteiger partial charge is 0.444 e. The van der Waals surface area contributed by atoms with Crippen molar-refractivity contribution in [3.8, 4) is 0 Å². The van der Waals surface area contributed by atoms with E-state index < -0.39 is 23.8 Å². The van der Waals surface area contributed by atoms with E-state index >= 15 is 0 Å². The molecule has 0 saturated heterocycles. The number of rotatable bonds is 10. The minimum absolute atomic E-state index is 0.166. The molecule has 0 heterocycles. The number of hydrogen-bond donors (Lipinski definition) is 2. The van der Waals surface area contributed by atoms with Gasteiger partial charge in [0.25, 0.3) is 0 Å². The summed E-state index contributed by atoms with van der Waals surface area (Å²) in [7, 11) is 0. The van der Waals surface area contributed by atoms with Crippen molar-refractivity contribution in [3.05, 3.63) is 70.8 Å². The highest BCUT2D eigenvalue weighted by Gasteiger charge is 2.38. The quantitative estimate of drug-likeness (QED) is 0.446. The van der Waals surface area contributed by atoms with Gasteiger partial charge in [0.15, 0.2) is 0 Å². The standard InChI is InChI=1S/C30H43N3O4/c1-9-20(3)25(32-29(36)37-30(6,7)8)28(35)33(10-2)26(24-18-14-15-21(4)22(24)5)27(34)31-19-23-16-12-11-13-17-23/h11-18,20,25-26H,9-10,19H2,1-8H3,(H,31,34)(H,32,36). The van der Waals surface area contributed by atoms with Crippen LogP contribution in [-0.4, -0.2) is 41.0 Å². The molecule has 3 amide bonds. The second-order valence-electron chi connectivity index (χ2n) is 10.5. The van der Waals surface area contributed by atoms with Gasteiger partial charge in [0.2, 0.25) is 11.8 Å². The first kappa shape index (κ1) is 29.9. The monoisotopic (exact) mass is 509 g/mol. The Morgan fingerprint density at radius 1 is 0.973 bits per heavy atom. The molecule has 0 spiro atoms. The summed E-state index contributed by atoms with van der Waals surface area (Å²) in [6, 6.07) is 13.7. The van der Waals surface area contributed by atoms with Crippen LogP contribution >= 0.6 is 0 Å².